The van der Waals surface area contributed by atoms with Crippen molar-refractivity contribution in [2.24, 2.45) is 0 Å². The number of carbonyl (C=O) groups is 2. The number of carbonyl (C=O) groups excluding carboxylic acids is 2. The maximum absolute atomic E-state index is 12.6. The number of benzene rings is 2. The summed E-state index contributed by atoms with van der Waals surface area (Å²) >= 11 is 0. The molecule has 4 heteroatoms. The van der Waals surface area contributed by atoms with Gasteiger partial charge < -0.3 is 9.47 Å². The van der Waals surface area contributed by atoms with Gasteiger partial charge in [-0.3, -0.25) is 0 Å². The Morgan fingerprint density at radius 2 is 1.66 bits per heavy atom. The predicted molar refractivity (Wildman–Crippen MR) is 128 cm³/mol. The lowest BCUT2D eigenvalue weighted by molar-refractivity contribution is -0.128. The minimum Gasteiger partial charge on any atom is -0.458 e. The van der Waals surface area contributed by atoms with Crippen LogP contribution in [0.3, 0.4) is 0 Å². The first-order valence-electron chi connectivity index (χ1n) is 11.0. The van der Waals surface area contributed by atoms with Crippen LogP contribution in [0.1, 0.15) is 74.5 Å². The Morgan fingerprint density at radius 3 is 2.34 bits per heavy atom. The highest BCUT2D eigenvalue weighted by Crippen LogP contribution is 2.46. The molecule has 0 spiro atoms. The molecule has 2 aromatic rings. The second-order valence-corrected chi connectivity index (χ2v) is 9.66. The first-order chi connectivity index (χ1) is 15.0. The Labute approximate surface area is 190 Å². The highest BCUT2D eigenvalue weighted by atomic mass is 16.5. The van der Waals surface area contributed by atoms with Crippen molar-refractivity contribution in [3.8, 4) is 5.75 Å². The van der Waals surface area contributed by atoms with Crippen molar-refractivity contribution >= 4 is 17.5 Å². The van der Waals surface area contributed by atoms with Crippen molar-refractivity contribution < 1.29 is 19.1 Å². The summed E-state index contributed by atoms with van der Waals surface area (Å²) in [4.78, 5) is 24.9. The molecular formula is C28H32O4. The molecule has 0 radical (unpaired) electrons. The molecule has 168 valence electrons. The molecule has 32 heavy (non-hydrogen) atoms. The van der Waals surface area contributed by atoms with Crippen molar-refractivity contribution in [1.29, 1.82) is 0 Å². The maximum Gasteiger partial charge on any atom is 0.342 e. The van der Waals surface area contributed by atoms with E-state index in [1.54, 1.807) is 24.3 Å². The molecule has 3 rings (SSSR count). The molecule has 0 saturated carbocycles. The van der Waals surface area contributed by atoms with Crippen LogP contribution < -0.4 is 4.74 Å². The molecule has 0 atom stereocenters. The van der Waals surface area contributed by atoms with Crippen molar-refractivity contribution in [3.63, 3.8) is 0 Å². The maximum atomic E-state index is 12.6. The Bertz CT molecular complexity index is 1070. The summed E-state index contributed by atoms with van der Waals surface area (Å²) < 4.78 is 10.6. The van der Waals surface area contributed by atoms with E-state index < -0.39 is 11.9 Å². The molecule has 0 N–H and O–H groups in total. The van der Waals surface area contributed by atoms with Crippen LogP contribution in [0.2, 0.25) is 0 Å². The third-order valence-electron chi connectivity index (χ3n) is 6.29. The molecule has 0 heterocycles. The average Bonchev–Trinajstić information content (AvgIpc) is 2.75. The van der Waals surface area contributed by atoms with Crippen molar-refractivity contribution in [2.75, 3.05) is 6.61 Å². The largest absolute Gasteiger partial charge is 0.458 e. The van der Waals surface area contributed by atoms with E-state index >= 15 is 0 Å². The zero-order valence-electron chi connectivity index (χ0n) is 19.7. The molecule has 0 fully saturated rings. The second-order valence-electron chi connectivity index (χ2n) is 9.66. The quantitative estimate of drug-likeness (QED) is 0.230. The topological polar surface area (TPSA) is 52.6 Å². The van der Waals surface area contributed by atoms with Crippen LogP contribution in [0.4, 0.5) is 0 Å². The molecule has 0 unspecified atom stereocenters. The number of allylic oxidation sites excluding steroid dienone is 1. The number of para-hydroxylation sites is 1. The van der Waals surface area contributed by atoms with E-state index in [4.69, 9.17) is 9.47 Å². The average molecular weight is 433 g/mol. The Hall–Kier alpha value is -3.14. The highest BCUT2D eigenvalue weighted by Gasteiger charge is 2.36. The van der Waals surface area contributed by atoms with Crippen LogP contribution in [0.25, 0.3) is 5.57 Å². The van der Waals surface area contributed by atoms with Crippen molar-refractivity contribution in [2.45, 2.75) is 58.3 Å². The van der Waals surface area contributed by atoms with Crippen LogP contribution in [-0.2, 0) is 20.4 Å². The molecule has 0 bridgehead atoms. The number of fused-ring (bicyclic) bond motifs is 1. The molecule has 0 aromatic heterocycles. The van der Waals surface area contributed by atoms with Crippen molar-refractivity contribution in [3.05, 3.63) is 83.4 Å². The van der Waals surface area contributed by atoms with Gasteiger partial charge in [0.05, 0.1) is 0 Å². The van der Waals surface area contributed by atoms with Crippen molar-refractivity contribution in [1.82, 2.24) is 0 Å². The fourth-order valence-corrected chi connectivity index (χ4v) is 4.17. The lowest BCUT2D eigenvalue weighted by atomic mass is 9.63. The van der Waals surface area contributed by atoms with Crippen LogP contribution in [-0.4, -0.2) is 18.5 Å². The highest BCUT2D eigenvalue weighted by molar-refractivity contribution is 5.96. The number of hydrogen-bond acceptors (Lipinski definition) is 4. The summed E-state index contributed by atoms with van der Waals surface area (Å²) in [5.74, 6) is -0.929. The third-order valence-corrected chi connectivity index (χ3v) is 6.29. The first kappa shape index (κ1) is 23.5. The van der Waals surface area contributed by atoms with Gasteiger partial charge in [0.1, 0.15) is 17.9 Å². The normalized spacial score (nSPS) is 16.6. The van der Waals surface area contributed by atoms with Crippen LogP contribution in [0.5, 0.6) is 5.75 Å². The third kappa shape index (κ3) is 5.01. The van der Waals surface area contributed by atoms with Gasteiger partial charge in [-0.05, 0) is 65.0 Å². The van der Waals surface area contributed by atoms with Gasteiger partial charge in [-0.25, -0.2) is 9.59 Å². The van der Waals surface area contributed by atoms with E-state index in [2.05, 4.69) is 52.5 Å². The fourth-order valence-electron chi connectivity index (χ4n) is 4.17. The molecule has 1 aliphatic carbocycles. The van der Waals surface area contributed by atoms with Crippen LogP contribution in [0, 0.1) is 0 Å². The second kappa shape index (κ2) is 9.15. The Balaban J connectivity index is 1.84. The summed E-state index contributed by atoms with van der Waals surface area (Å²) in [6.07, 6.45) is 5.23. The molecule has 4 nitrogen and oxygen atoms in total. The summed E-state index contributed by atoms with van der Waals surface area (Å²) in [6, 6.07) is 13.0. The van der Waals surface area contributed by atoms with E-state index in [0.717, 1.165) is 24.0 Å². The first-order valence-corrected chi connectivity index (χ1v) is 11.0. The lowest BCUT2D eigenvalue weighted by Gasteiger charge is -2.42. The number of rotatable bonds is 6. The zero-order chi connectivity index (χ0) is 23.5. The van der Waals surface area contributed by atoms with E-state index in [-0.39, 0.29) is 28.7 Å². The molecule has 1 aliphatic rings. The van der Waals surface area contributed by atoms with Gasteiger partial charge >= 0.3 is 11.9 Å². The lowest BCUT2D eigenvalue weighted by Crippen LogP contribution is -2.33. The van der Waals surface area contributed by atoms with E-state index in [1.807, 2.05) is 6.92 Å². The van der Waals surface area contributed by atoms with Gasteiger partial charge in [-0.1, -0.05) is 70.7 Å². The van der Waals surface area contributed by atoms with Gasteiger partial charge in [0.2, 0.25) is 0 Å². The molecule has 2 aromatic carbocycles. The zero-order valence-corrected chi connectivity index (χ0v) is 19.7. The monoisotopic (exact) mass is 432 g/mol. The smallest absolute Gasteiger partial charge is 0.342 e. The molecule has 0 saturated heterocycles. The minimum absolute atomic E-state index is 0.0889. The van der Waals surface area contributed by atoms with Gasteiger partial charge in [0, 0.05) is 6.08 Å². The standard InChI is InChI=1S/C28H32O4/c1-7-16-31-26(30)21-10-8-9-11-24(21)32-25(29)17-19(2)20-12-13-22-23(18-20)28(5,6)15-14-27(22,3)4/h7-13,17-18H,1,14-16H2,2-6H3/b19-17-. The van der Waals surface area contributed by atoms with E-state index in [9.17, 15) is 9.59 Å². The minimum atomic E-state index is -0.562. The van der Waals surface area contributed by atoms with Gasteiger partial charge in [-0.15, -0.1) is 0 Å². The SMILES string of the molecule is C=CCOC(=O)c1ccccc1OC(=O)/C=C(/C)c1ccc2c(c1)C(C)(C)CCC2(C)C. The van der Waals surface area contributed by atoms with Gasteiger partial charge in [-0.2, -0.15) is 0 Å². The van der Waals surface area contributed by atoms with Gasteiger partial charge in [0.15, 0.2) is 0 Å². The number of ether oxygens (including phenoxy) is 2. The summed E-state index contributed by atoms with van der Waals surface area (Å²) in [6.45, 7) is 14.7. The van der Waals surface area contributed by atoms with Crippen LogP contribution >= 0.6 is 0 Å². The van der Waals surface area contributed by atoms with Gasteiger partial charge in [0.25, 0.3) is 0 Å². The van der Waals surface area contributed by atoms with E-state index in [0.29, 0.717) is 0 Å². The predicted octanol–water partition coefficient (Wildman–Crippen LogP) is 6.39. The summed E-state index contributed by atoms with van der Waals surface area (Å²) in [5, 5.41) is 0. The van der Waals surface area contributed by atoms with E-state index in [1.165, 1.54) is 23.3 Å². The fraction of sp³-hybridized carbons (Fsp3) is 0.357. The molecule has 0 aliphatic heterocycles. The molecular weight excluding hydrogens is 400 g/mol. The molecule has 0 amide bonds. The van der Waals surface area contributed by atoms with Crippen LogP contribution in [0.15, 0.2) is 61.2 Å². The number of esters is 2. The Morgan fingerprint density at radius 1 is 1.00 bits per heavy atom. The summed E-state index contributed by atoms with van der Waals surface area (Å²) in [5.41, 5.74) is 4.94. The Kier molecular flexibility index (Phi) is 6.73. The number of hydrogen-bond donors (Lipinski definition) is 0. The summed E-state index contributed by atoms with van der Waals surface area (Å²) in [7, 11) is 0.